The molecule has 7 nitrogen and oxygen atoms in total. The van der Waals surface area contributed by atoms with Crippen molar-refractivity contribution in [3.8, 4) is 0 Å². The van der Waals surface area contributed by atoms with E-state index in [1.54, 1.807) is 6.20 Å². The number of hydrogen-bond acceptors (Lipinski definition) is 6. The number of carbonyl (C=O) groups is 2. The van der Waals surface area contributed by atoms with E-state index in [2.05, 4.69) is 10.3 Å². The Bertz CT molecular complexity index is 1060. The molecule has 168 valence electrons. The minimum Gasteiger partial charge on any atom is -0.479 e. The van der Waals surface area contributed by atoms with Gasteiger partial charge in [0.25, 0.3) is 0 Å². The Morgan fingerprint density at radius 3 is 2.62 bits per heavy atom. The van der Waals surface area contributed by atoms with E-state index in [1.165, 1.54) is 0 Å². The molecule has 0 saturated heterocycles. The first-order valence-electron chi connectivity index (χ1n) is 10.6. The normalized spacial score (nSPS) is 12.1. The van der Waals surface area contributed by atoms with Crippen LogP contribution < -0.4 is 5.32 Å². The molecule has 0 unspecified atom stereocenters. The van der Waals surface area contributed by atoms with Crippen molar-refractivity contribution in [1.82, 2.24) is 10.3 Å². The number of carboxylic acid groups (broad SMARTS) is 1. The van der Waals surface area contributed by atoms with Crippen LogP contribution in [0.25, 0.3) is 10.9 Å². The maximum absolute atomic E-state index is 12.2. The predicted molar refractivity (Wildman–Crippen MR) is 121 cm³/mol. The number of carbonyl (C=O) groups excluding carboxylic acids is 1. The molecule has 0 fully saturated rings. The van der Waals surface area contributed by atoms with E-state index in [1.807, 2.05) is 68.4 Å². The van der Waals surface area contributed by atoms with E-state index >= 15 is 0 Å². The number of pyridine rings is 1. The zero-order valence-corrected chi connectivity index (χ0v) is 18.3. The molecule has 0 spiro atoms. The van der Waals surface area contributed by atoms with Crippen molar-refractivity contribution in [2.24, 2.45) is 0 Å². The molecule has 1 heterocycles. The number of esters is 1. The molecule has 1 aromatic heterocycles. The van der Waals surface area contributed by atoms with Crippen LogP contribution in [0.3, 0.4) is 0 Å². The number of hydrogen-bond donors (Lipinski definition) is 2. The lowest BCUT2D eigenvalue weighted by Gasteiger charge is -2.17. The maximum Gasteiger partial charge on any atom is 0.333 e. The van der Waals surface area contributed by atoms with Crippen LogP contribution in [0.4, 0.5) is 0 Å². The first-order chi connectivity index (χ1) is 15.4. The Kier molecular flexibility index (Phi) is 8.30. The van der Waals surface area contributed by atoms with Crippen molar-refractivity contribution in [2.45, 2.75) is 45.6 Å². The number of aromatic nitrogens is 1. The van der Waals surface area contributed by atoms with Crippen LogP contribution in [-0.4, -0.2) is 40.8 Å². The molecule has 0 bridgehead atoms. The second kappa shape index (κ2) is 11.4. The molecule has 1 atom stereocenters. The fraction of sp³-hybridized carbons (Fsp3) is 0.320. The van der Waals surface area contributed by atoms with Gasteiger partial charge in [-0.25, -0.2) is 4.79 Å². The maximum atomic E-state index is 12.2. The molecule has 3 aromatic rings. The standard InChI is InChI=1S/C25H28N2O5/c1-17(2)32-23(25(29)30)13-18-6-5-7-19(12-18)14-26-15-24(28)31-16-20-10-11-27-22-9-4-3-8-21(20)22/h3-12,17,23,26H,13-16H2,1-2H3,(H,29,30)/t23-/m0/s1. The number of nitrogens with zero attached hydrogens (tertiary/aromatic N) is 1. The number of benzene rings is 2. The van der Waals surface area contributed by atoms with E-state index in [-0.39, 0.29) is 31.6 Å². The van der Waals surface area contributed by atoms with Crippen LogP contribution in [0.1, 0.15) is 30.5 Å². The highest BCUT2D eigenvalue weighted by Gasteiger charge is 2.20. The summed E-state index contributed by atoms with van der Waals surface area (Å²) in [5.41, 5.74) is 3.59. The minimum absolute atomic E-state index is 0.0709. The minimum atomic E-state index is -0.980. The Labute approximate surface area is 187 Å². The number of carboxylic acids is 1. The molecule has 0 radical (unpaired) electrons. The quantitative estimate of drug-likeness (QED) is 0.444. The van der Waals surface area contributed by atoms with Gasteiger partial charge in [0.15, 0.2) is 6.10 Å². The van der Waals surface area contributed by atoms with Crippen molar-refractivity contribution < 1.29 is 24.2 Å². The molecule has 0 amide bonds. The van der Waals surface area contributed by atoms with Crippen LogP contribution >= 0.6 is 0 Å². The first kappa shape index (κ1) is 23.4. The van der Waals surface area contributed by atoms with E-state index in [9.17, 15) is 14.7 Å². The number of aliphatic carboxylic acids is 1. The van der Waals surface area contributed by atoms with Crippen molar-refractivity contribution in [3.05, 3.63) is 77.5 Å². The van der Waals surface area contributed by atoms with E-state index in [0.29, 0.717) is 6.54 Å². The van der Waals surface area contributed by atoms with Gasteiger partial charge in [-0.1, -0.05) is 42.5 Å². The Hall–Kier alpha value is -3.29. The third kappa shape index (κ3) is 6.87. The van der Waals surface area contributed by atoms with Crippen LogP contribution in [0.15, 0.2) is 60.8 Å². The molecular formula is C25H28N2O5. The topological polar surface area (TPSA) is 97.8 Å². The molecule has 7 heteroatoms. The molecule has 0 aliphatic rings. The Balaban J connectivity index is 1.48. The summed E-state index contributed by atoms with van der Waals surface area (Å²) >= 11 is 0. The summed E-state index contributed by atoms with van der Waals surface area (Å²) < 4.78 is 10.9. The van der Waals surface area contributed by atoms with Gasteiger partial charge in [-0.05, 0) is 37.1 Å². The fourth-order valence-electron chi connectivity index (χ4n) is 3.40. The van der Waals surface area contributed by atoms with Gasteiger partial charge in [0, 0.05) is 30.1 Å². The molecule has 32 heavy (non-hydrogen) atoms. The summed E-state index contributed by atoms with van der Waals surface area (Å²) in [7, 11) is 0. The second-order valence-electron chi connectivity index (χ2n) is 7.79. The summed E-state index contributed by atoms with van der Waals surface area (Å²) in [6.07, 6.45) is 0.927. The second-order valence-corrected chi connectivity index (χ2v) is 7.79. The smallest absolute Gasteiger partial charge is 0.333 e. The van der Waals surface area contributed by atoms with Crippen LogP contribution in [0.2, 0.25) is 0 Å². The first-order valence-corrected chi connectivity index (χ1v) is 10.6. The molecular weight excluding hydrogens is 408 g/mol. The van der Waals surface area contributed by atoms with Crippen LogP contribution in [-0.2, 0) is 38.6 Å². The van der Waals surface area contributed by atoms with Gasteiger partial charge >= 0.3 is 11.9 Å². The molecule has 2 aromatic carbocycles. The summed E-state index contributed by atoms with van der Waals surface area (Å²) in [6, 6.07) is 17.2. The molecule has 0 aliphatic heterocycles. The van der Waals surface area contributed by atoms with Crippen LogP contribution in [0, 0.1) is 0 Å². The zero-order valence-electron chi connectivity index (χ0n) is 18.3. The number of nitrogens with one attached hydrogen (secondary N) is 1. The van der Waals surface area contributed by atoms with Gasteiger partial charge in [-0.3, -0.25) is 9.78 Å². The molecule has 2 N–H and O–H groups in total. The zero-order chi connectivity index (χ0) is 22.9. The third-order valence-corrected chi connectivity index (χ3v) is 4.85. The lowest BCUT2D eigenvalue weighted by molar-refractivity contribution is -0.153. The van der Waals surface area contributed by atoms with Gasteiger partial charge in [-0.15, -0.1) is 0 Å². The largest absolute Gasteiger partial charge is 0.479 e. The van der Waals surface area contributed by atoms with Crippen LogP contribution in [0.5, 0.6) is 0 Å². The molecule has 0 aliphatic carbocycles. The van der Waals surface area contributed by atoms with E-state index in [0.717, 1.165) is 27.6 Å². The van der Waals surface area contributed by atoms with Crippen molar-refractivity contribution in [3.63, 3.8) is 0 Å². The van der Waals surface area contributed by atoms with Gasteiger partial charge < -0.3 is 19.9 Å². The predicted octanol–water partition coefficient (Wildman–Crippen LogP) is 3.49. The lowest BCUT2D eigenvalue weighted by atomic mass is 10.0. The highest BCUT2D eigenvalue weighted by molar-refractivity contribution is 5.82. The summed E-state index contributed by atoms with van der Waals surface area (Å²) in [5, 5.41) is 13.4. The van der Waals surface area contributed by atoms with E-state index in [4.69, 9.17) is 9.47 Å². The van der Waals surface area contributed by atoms with E-state index < -0.39 is 12.1 Å². The highest BCUT2D eigenvalue weighted by atomic mass is 16.5. The third-order valence-electron chi connectivity index (χ3n) is 4.85. The highest BCUT2D eigenvalue weighted by Crippen LogP contribution is 2.17. The summed E-state index contributed by atoms with van der Waals surface area (Å²) in [6.45, 7) is 4.34. The number of para-hydroxylation sites is 1. The number of rotatable bonds is 11. The Morgan fingerprint density at radius 1 is 1.06 bits per heavy atom. The van der Waals surface area contributed by atoms with Crippen molar-refractivity contribution >= 4 is 22.8 Å². The average molecular weight is 437 g/mol. The Morgan fingerprint density at radius 2 is 1.84 bits per heavy atom. The van der Waals surface area contributed by atoms with Crippen molar-refractivity contribution in [2.75, 3.05) is 6.54 Å². The van der Waals surface area contributed by atoms with Gasteiger partial charge in [0.1, 0.15) is 6.61 Å². The summed E-state index contributed by atoms with van der Waals surface area (Å²) in [5.74, 6) is -1.33. The van der Waals surface area contributed by atoms with Crippen molar-refractivity contribution in [1.29, 1.82) is 0 Å². The molecule has 0 saturated carbocycles. The number of ether oxygens (including phenoxy) is 2. The average Bonchev–Trinajstić information content (AvgIpc) is 2.77. The van der Waals surface area contributed by atoms with Gasteiger partial charge in [0.2, 0.25) is 0 Å². The monoisotopic (exact) mass is 436 g/mol. The molecule has 3 rings (SSSR count). The number of fused-ring (bicyclic) bond motifs is 1. The fourth-order valence-corrected chi connectivity index (χ4v) is 3.40. The van der Waals surface area contributed by atoms with Gasteiger partial charge in [0.05, 0.1) is 18.2 Å². The lowest BCUT2D eigenvalue weighted by Crippen LogP contribution is -2.29. The van der Waals surface area contributed by atoms with Gasteiger partial charge in [-0.2, -0.15) is 0 Å². The SMILES string of the molecule is CC(C)O[C@@H](Cc1cccc(CNCC(=O)OCc2ccnc3ccccc23)c1)C(=O)O. The summed E-state index contributed by atoms with van der Waals surface area (Å²) in [4.78, 5) is 27.9.